The molecule has 1 aromatic heterocycles. The van der Waals surface area contributed by atoms with E-state index in [1.54, 1.807) is 24.3 Å². The molecule has 0 bridgehead atoms. The fourth-order valence-electron chi connectivity index (χ4n) is 2.48. The Balaban J connectivity index is 2.03. The number of hydrogen-bond acceptors (Lipinski definition) is 3. The average molecular weight is 347 g/mol. The predicted octanol–water partition coefficient (Wildman–Crippen LogP) is 2.50. The molecule has 3 rings (SSSR count). The monoisotopic (exact) mass is 346 g/mol. The van der Waals surface area contributed by atoms with Crippen LogP contribution in [0.3, 0.4) is 0 Å². The van der Waals surface area contributed by atoms with Gasteiger partial charge in [0, 0.05) is 18.3 Å². The number of hydrogen-bond donors (Lipinski definition) is 1. The molecule has 1 atom stereocenters. The van der Waals surface area contributed by atoms with Crippen molar-refractivity contribution in [1.29, 1.82) is 0 Å². The van der Waals surface area contributed by atoms with E-state index in [9.17, 15) is 14.7 Å². The summed E-state index contributed by atoms with van der Waals surface area (Å²) in [5.41, 5.74) is 1.88. The molecule has 0 spiro atoms. The van der Waals surface area contributed by atoms with Crippen molar-refractivity contribution in [3.63, 3.8) is 0 Å². The van der Waals surface area contributed by atoms with Crippen LogP contribution in [0.2, 0.25) is 0 Å². The van der Waals surface area contributed by atoms with Crippen LogP contribution in [-0.4, -0.2) is 28.0 Å². The van der Waals surface area contributed by atoms with Crippen molar-refractivity contribution < 1.29 is 14.7 Å². The number of benzene rings is 1. The van der Waals surface area contributed by atoms with Crippen molar-refractivity contribution >= 4 is 33.5 Å². The van der Waals surface area contributed by atoms with Gasteiger partial charge in [-0.25, -0.2) is 9.78 Å². The minimum atomic E-state index is -1.01. The molecule has 0 unspecified atom stereocenters. The van der Waals surface area contributed by atoms with Crippen LogP contribution < -0.4 is 4.90 Å². The van der Waals surface area contributed by atoms with Crippen LogP contribution in [0.4, 0.5) is 5.69 Å². The van der Waals surface area contributed by atoms with Gasteiger partial charge in [-0.1, -0.05) is 18.2 Å². The van der Waals surface area contributed by atoms with E-state index in [2.05, 4.69) is 20.9 Å². The molecule has 0 radical (unpaired) electrons. The van der Waals surface area contributed by atoms with Gasteiger partial charge in [-0.05, 0) is 39.7 Å². The first-order chi connectivity index (χ1) is 10.1. The molecule has 2 heterocycles. The third-order valence-corrected chi connectivity index (χ3v) is 3.92. The zero-order chi connectivity index (χ0) is 15.0. The largest absolute Gasteiger partial charge is 0.480 e. The maximum atomic E-state index is 12.6. The van der Waals surface area contributed by atoms with Crippen LogP contribution >= 0.6 is 15.9 Å². The molecule has 1 aromatic carbocycles. The molecule has 1 amide bonds. The summed E-state index contributed by atoms with van der Waals surface area (Å²) in [5.74, 6) is -1.36. The van der Waals surface area contributed by atoms with Crippen LogP contribution in [0, 0.1) is 0 Å². The number of amides is 1. The van der Waals surface area contributed by atoms with E-state index in [4.69, 9.17) is 0 Å². The van der Waals surface area contributed by atoms with Gasteiger partial charge in [0.1, 0.15) is 10.6 Å². The lowest BCUT2D eigenvalue weighted by Gasteiger charge is -2.22. The molecule has 0 saturated carbocycles. The van der Waals surface area contributed by atoms with E-state index in [0.717, 1.165) is 5.56 Å². The second-order valence-electron chi connectivity index (χ2n) is 4.73. The van der Waals surface area contributed by atoms with Gasteiger partial charge >= 0.3 is 5.97 Å². The van der Waals surface area contributed by atoms with Crippen molar-refractivity contribution in [1.82, 2.24) is 4.98 Å². The number of anilines is 1. The fraction of sp³-hybridized carbons (Fsp3) is 0.133. The van der Waals surface area contributed by atoms with Crippen LogP contribution in [0.1, 0.15) is 15.9 Å². The summed E-state index contributed by atoms with van der Waals surface area (Å²) in [6.45, 7) is 0. The number of aromatic nitrogens is 1. The molecule has 21 heavy (non-hydrogen) atoms. The molecular weight excluding hydrogens is 336 g/mol. The van der Waals surface area contributed by atoms with E-state index < -0.39 is 12.0 Å². The number of carboxylic acid groups (broad SMARTS) is 1. The molecule has 106 valence electrons. The second-order valence-corrected chi connectivity index (χ2v) is 5.54. The SMILES string of the molecule is O=C(O)[C@@H]1Cc2ccccc2N1C(=O)c1ccc(Br)nc1. The number of halogens is 1. The predicted molar refractivity (Wildman–Crippen MR) is 80.3 cm³/mol. The maximum Gasteiger partial charge on any atom is 0.327 e. The maximum absolute atomic E-state index is 12.6. The lowest BCUT2D eigenvalue weighted by Crippen LogP contribution is -2.42. The number of carbonyl (C=O) groups is 2. The summed E-state index contributed by atoms with van der Waals surface area (Å²) in [6.07, 6.45) is 1.76. The number of carboxylic acids is 1. The number of nitrogens with zero attached hydrogens (tertiary/aromatic N) is 2. The van der Waals surface area contributed by atoms with E-state index in [1.165, 1.54) is 11.1 Å². The Kier molecular flexibility index (Phi) is 3.47. The summed E-state index contributed by atoms with van der Waals surface area (Å²) in [7, 11) is 0. The van der Waals surface area contributed by atoms with Gasteiger partial charge in [0.05, 0.1) is 5.56 Å². The smallest absolute Gasteiger partial charge is 0.327 e. The molecule has 6 heteroatoms. The van der Waals surface area contributed by atoms with E-state index in [-0.39, 0.29) is 5.91 Å². The van der Waals surface area contributed by atoms with E-state index in [0.29, 0.717) is 22.3 Å². The highest BCUT2D eigenvalue weighted by Crippen LogP contribution is 2.33. The van der Waals surface area contributed by atoms with Gasteiger partial charge in [-0.15, -0.1) is 0 Å². The van der Waals surface area contributed by atoms with Gasteiger partial charge in [-0.3, -0.25) is 9.69 Å². The first-order valence-corrected chi connectivity index (χ1v) is 7.13. The highest BCUT2D eigenvalue weighted by Gasteiger charge is 2.38. The Morgan fingerprint density at radius 2 is 2.00 bits per heavy atom. The molecule has 0 fully saturated rings. The summed E-state index contributed by atoms with van der Waals surface area (Å²) >= 11 is 3.21. The average Bonchev–Trinajstić information content (AvgIpc) is 2.87. The number of pyridine rings is 1. The second kappa shape index (κ2) is 5.29. The summed E-state index contributed by atoms with van der Waals surface area (Å²) in [4.78, 5) is 29.5. The Bertz CT molecular complexity index is 715. The number of carbonyl (C=O) groups excluding carboxylic acids is 1. The van der Waals surface area contributed by atoms with Crippen molar-refractivity contribution in [2.75, 3.05) is 4.90 Å². The van der Waals surface area contributed by atoms with E-state index >= 15 is 0 Å². The minimum Gasteiger partial charge on any atom is -0.480 e. The molecule has 5 nitrogen and oxygen atoms in total. The van der Waals surface area contributed by atoms with Gasteiger partial charge in [0.25, 0.3) is 5.91 Å². The van der Waals surface area contributed by atoms with Crippen LogP contribution in [-0.2, 0) is 11.2 Å². The van der Waals surface area contributed by atoms with E-state index in [1.807, 2.05) is 12.1 Å². The first kappa shape index (κ1) is 13.8. The number of fused-ring (bicyclic) bond motifs is 1. The summed E-state index contributed by atoms with van der Waals surface area (Å²) in [6, 6.07) is 9.65. The Morgan fingerprint density at radius 1 is 1.24 bits per heavy atom. The van der Waals surface area contributed by atoms with Crippen molar-refractivity contribution in [3.8, 4) is 0 Å². The molecule has 1 aliphatic heterocycles. The summed E-state index contributed by atoms with van der Waals surface area (Å²) in [5, 5.41) is 9.38. The molecule has 0 aliphatic carbocycles. The first-order valence-electron chi connectivity index (χ1n) is 6.34. The number of para-hydroxylation sites is 1. The molecule has 0 saturated heterocycles. The Morgan fingerprint density at radius 3 is 2.67 bits per heavy atom. The van der Waals surface area contributed by atoms with Gasteiger partial charge in [0.15, 0.2) is 0 Å². The highest BCUT2D eigenvalue weighted by molar-refractivity contribution is 9.10. The highest BCUT2D eigenvalue weighted by atomic mass is 79.9. The number of rotatable bonds is 2. The van der Waals surface area contributed by atoms with Crippen molar-refractivity contribution in [2.45, 2.75) is 12.5 Å². The minimum absolute atomic E-state index is 0.321. The lowest BCUT2D eigenvalue weighted by molar-refractivity contribution is -0.138. The normalized spacial score (nSPS) is 16.6. The molecule has 1 N–H and O–H groups in total. The van der Waals surface area contributed by atoms with Crippen molar-refractivity contribution in [3.05, 3.63) is 58.3 Å². The van der Waals surface area contributed by atoms with Gasteiger partial charge in [0.2, 0.25) is 0 Å². The van der Waals surface area contributed by atoms with Crippen LogP contribution in [0.25, 0.3) is 0 Å². The standard InChI is InChI=1S/C15H11BrN2O3/c16-13-6-5-10(8-17-13)14(19)18-11-4-2-1-3-9(11)7-12(18)15(20)21/h1-6,8,12H,7H2,(H,20,21)/t12-/m0/s1. The van der Waals surface area contributed by atoms with Gasteiger partial charge in [-0.2, -0.15) is 0 Å². The molecular formula is C15H11BrN2O3. The summed E-state index contributed by atoms with van der Waals surface area (Å²) < 4.78 is 0.621. The van der Waals surface area contributed by atoms with Crippen molar-refractivity contribution in [2.24, 2.45) is 0 Å². The Labute approximate surface area is 129 Å². The third kappa shape index (κ3) is 2.42. The zero-order valence-corrected chi connectivity index (χ0v) is 12.4. The van der Waals surface area contributed by atoms with Gasteiger partial charge < -0.3 is 5.11 Å². The zero-order valence-electron chi connectivity index (χ0n) is 10.9. The lowest BCUT2D eigenvalue weighted by atomic mass is 10.1. The fourth-order valence-corrected chi connectivity index (χ4v) is 2.71. The quantitative estimate of drug-likeness (QED) is 0.848. The van der Waals surface area contributed by atoms with Crippen LogP contribution in [0.15, 0.2) is 47.2 Å². The topological polar surface area (TPSA) is 70.5 Å². The number of aliphatic carboxylic acids is 1. The molecule has 2 aromatic rings. The molecule has 1 aliphatic rings. The third-order valence-electron chi connectivity index (χ3n) is 3.45. The van der Waals surface area contributed by atoms with Crippen LogP contribution in [0.5, 0.6) is 0 Å². The Hall–Kier alpha value is -2.21.